The van der Waals surface area contributed by atoms with Crippen LogP contribution in [0.3, 0.4) is 0 Å². The standard InChI is InChI=1S/C27H22N8O3/c1-18-16-21(35(36)37)12-14-23(18)24-15-13-22(38-24)17-28-34-27-32-25(29-19-8-4-2-5-9-19)31-26(33-27)30-20-10-6-3-7-11-20/h2-17H,1H3,(H3,29,30,31,32,33,34)/b28-17-. The Kier molecular flexibility index (Phi) is 6.98. The Morgan fingerprint density at radius 1 is 0.816 bits per heavy atom. The van der Waals surface area contributed by atoms with Crippen molar-refractivity contribution in [3.63, 3.8) is 0 Å². The van der Waals surface area contributed by atoms with Crippen LogP contribution >= 0.6 is 0 Å². The van der Waals surface area contributed by atoms with Crippen LogP contribution < -0.4 is 16.1 Å². The Balaban J connectivity index is 1.34. The van der Waals surface area contributed by atoms with Crippen molar-refractivity contribution < 1.29 is 9.34 Å². The summed E-state index contributed by atoms with van der Waals surface area (Å²) < 4.78 is 5.86. The van der Waals surface area contributed by atoms with E-state index in [4.69, 9.17) is 4.42 Å². The van der Waals surface area contributed by atoms with Crippen molar-refractivity contribution in [1.82, 2.24) is 15.0 Å². The number of aryl methyl sites for hydroxylation is 1. The number of nitrogens with zero attached hydrogens (tertiary/aromatic N) is 5. The van der Waals surface area contributed by atoms with Crippen LogP contribution in [0.4, 0.5) is 34.9 Å². The molecule has 0 aliphatic carbocycles. The second-order valence-electron chi connectivity index (χ2n) is 8.12. The van der Waals surface area contributed by atoms with Crippen LogP contribution in [0, 0.1) is 17.0 Å². The summed E-state index contributed by atoms with van der Waals surface area (Å²) in [6, 6.07) is 27.2. The van der Waals surface area contributed by atoms with E-state index in [1.54, 1.807) is 25.1 Å². The van der Waals surface area contributed by atoms with E-state index >= 15 is 0 Å². The quantitative estimate of drug-likeness (QED) is 0.119. The highest BCUT2D eigenvalue weighted by atomic mass is 16.6. The zero-order valence-corrected chi connectivity index (χ0v) is 20.2. The van der Waals surface area contributed by atoms with Crippen LogP contribution in [0.2, 0.25) is 0 Å². The number of anilines is 5. The number of nitrogens with one attached hydrogen (secondary N) is 3. The van der Waals surface area contributed by atoms with Gasteiger partial charge < -0.3 is 15.1 Å². The smallest absolute Gasteiger partial charge is 0.269 e. The largest absolute Gasteiger partial charge is 0.455 e. The second kappa shape index (κ2) is 11.0. The van der Waals surface area contributed by atoms with E-state index in [-0.39, 0.29) is 11.6 Å². The van der Waals surface area contributed by atoms with Gasteiger partial charge in [-0.15, -0.1) is 0 Å². The summed E-state index contributed by atoms with van der Waals surface area (Å²) in [6.45, 7) is 1.79. The Labute approximate surface area is 217 Å². The van der Waals surface area contributed by atoms with Gasteiger partial charge in [0, 0.05) is 29.1 Å². The third-order valence-corrected chi connectivity index (χ3v) is 5.36. The van der Waals surface area contributed by atoms with Gasteiger partial charge in [-0.25, -0.2) is 5.43 Å². The first-order valence-corrected chi connectivity index (χ1v) is 11.6. The van der Waals surface area contributed by atoms with Gasteiger partial charge in [0.2, 0.25) is 17.8 Å². The molecule has 0 aliphatic rings. The van der Waals surface area contributed by atoms with Crippen molar-refractivity contribution in [1.29, 1.82) is 0 Å². The maximum Gasteiger partial charge on any atom is 0.269 e. The molecule has 0 spiro atoms. The number of furan rings is 1. The number of hydrogen-bond donors (Lipinski definition) is 3. The molecule has 0 radical (unpaired) electrons. The molecule has 0 saturated carbocycles. The zero-order chi connectivity index (χ0) is 26.3. The number of benzene rings is 3. The molecule has 0 bridgehead atoms. The van der Waals surface area contributed by atoms with Crippen LogP contribution in [0.25, 0.3) is 11.3 Å². The van der Waals surface area contributed by atoms with Gasteiger partial charge >= 0.3 is 0 Å². The normalized spacial score (nSPS) is 10.9. The number of hydrazone groups is 1. The second-order valence-corrected chi connectivity index (χ2v) is 8.12. The van der Waals surface area contributed by atoms with E-state index in [0.717, 1.165) is 22.5 Å². The van der Waals surface area contributed by atoms with Gasteiger partial charge in [-0.1, -0.05) is 36.4 Å². The number of nitro groups is 1. The molecule has 38 heavy (non-hydrogen) atoms. The van der Waals surface area contributed by atoms with Crippen molar-refractivity contribution >= 4 is 41.1 Å². The Hall–Kier alpha value is -5.58. The molecule has 188 valence electrons. The Morgan fingerprint density at radius 3 is 2.00 bits per heavy atom. The molecule has 0 atom stereocenters. The summed E-state index contributed by atoms with van der Waals surface area (Å²) in [5, 5.41) is 21.5. The van der Waals surface area contributed by atoms with Crippen LogP contribution in [-0.2, 0) is 0 Å². The number of rotatable bonds is 9. The first-order valence-electron chi connectivity index (χ1n) is 11.6. The highest BCUT2D eigenvalue weighted by Crippen LogP contribution is 2.28. The van der Waals surface area contributed by atoms with Gasteiger partial charge in [0.05, 0.1) is 11.1 Å². The maximum absolute atomic E-state index is 11.0. The van der Waals surface area contributed by atoms with E-state index in [1.165, 1.54) is 18.3 Å². The molecule has 11 heteroatoms. The zero-order valence-electron chi connectivity index (χ0n) is 20.2. The van der Waals surface area contributed by atoms with Crippen molar-refractivity contribution in [3.8, 4) is 11.3 Å². The van der Waals surface area contributed by atoms with Crippen molar-refractivity contribution in [2.75, 3.05) is 16.1 Å². The molecule has 0 saturated heterocycles. The van der Waals surface area contributed by atoms with E-state index in [1.807, 2.05) is 60.7 Å². The first kappa shape index (κ1) is 24.1. The molecule has 2 aromatic heterocycles. The Bertz CT molecular complexity index is 1530. The summed E-state index contributed by atoms with van der Waals surface area (Å²) >= 11 is 0. The molecule has 0 amide bonds. The minimum absolute atomic E-state index is 0.0309. The van der Waals surface area contributed by atoms with Gasteiger partial charge in [-0.05, 0) is 55.0 Å². The summed E-state index contributed by atoms with van der Waals surface area (Å²) in [5.74, 6) is 1.92. The third-order valence-electron chi connectivity index (χ3n) is 5.36. The van der Waals surface area contributed by atoms with Gasteiger partial charge in [0.15, 0.2) is 0 Å². The molecule has 3 aromatic carbocycles. The van der Waals surface area contributed by atoms with Crippen molar-refractivity contribution in [2.45, 2.75) is 6.92 Å². The van der Waals surface area contributed by atoms with Crippen LogP contribution in [0.1, 0.15) is 11.3 Å². The summed E-state index contributed by atoms with van der Waals surface area (Å²) in [5.41, 5.74) is 5.99. The molecule has 0 fully saturated rings. The predicted molar refractivity (Wildman–Crippen MR) is 146 cm³/mol. The fourth-order valence-electron chi connectivity index (χ4n) is 3.60. The number of para-hydroxylation sites is 2. The third kappa shape index (κ3) is 5.97. The highest BCUT2D eigenvalue weighted by Gasteiger charge is 2.12. The average Bonchev–Trinajstić information content (AvgIpc) is 3.38. The lowest BCUT2D eigenvalue weighted by atomic mass is 10.1. The summed E-state index contributed by atoms with van der Waals surface area (Å²) in [4.78, 5) is 23.8. The number of hydrogen-bond acceptors (Lipinski definition) is 10. The first-order chi connectivity index (χ1) is 18.5. The Morgan fingerprint density at radius 2 is 1.42 bits per heavy atom. The van der Waals surface area contributed by atoms with E-state index in [9.17, 15) is 10.1 Å². The lowest BCUT2D eigenvalue weighted by Gasteiger charge is -2.10. The summed E-state index contributed by atoms with van der Waals surface area (Å²) in [6.07, 6.45) is 1.49. The number of nitro benzene ring substituents is 1. The monoisotopic (exact) mass is 506 g/mol. The van der Waals surface area contributed by atoms with Gasteiger partial charge in [0.25, 0.3) is 5.69 Å². The topological polar surface area (TPSA) is 143 Å². The molecule has 0 aliphatic heterocycles. The predicted octanol–water partition coefficient (Wildman–Crippen LogP) is 6.28. The van der Waals surface area contributed by atoms with Crippen LogP contribution in [0.15, 0.2) is 101 Å². The van der Waals surface area contributed by atoms with Gasteiger partial charge in [0.1, 0.15) is 11.5 Å². The van der Waals surface area contributed by atoms with Crippen LogP contribution in [-0.4, -0.2) is 26.1 Å². The van der Waals surface area contributed by atoms with Crippen LogP contribution in [0.5, 0.6) is 0 Å². The van der Waals surface area contributed by atoms with Gasteiger partial charge in [-0.3, -0.25) is 10.1 Å². The lowest BCUT2D eigenvalue weighted by Crippen LogP contribution is -2.07. The number of aromatic nitrogens is 3. The summed E-state index contributed by atoms with van der Waals surface area (Å²) in [7, 11) is 0. The molecular formula is C27H22N8O3. The lowest BCUT2D eigenvalue weighted by molar-refractivity contribution is -0.384. The number of non-ortho nitro benzene ring substituents is 1. The van der Waals surface area contributed by atoms with Crippen molar-refractivity contribution in [2.24, 2.45) is 5.10 Å². The van der Waals surface area contributed by atoms with Gasteiger partial charge in [-0.2, -0.15) is 20.1 Å². The molecule has 0 unspecified atom stereocenters. The molecular weight excluding hydrogens is 484 g/mol. The molecule has 2 heterocycles. The SMILES string of the molecule is Cc1cc([N+](=O)[O-])ccc1-c1ccc(/C=N\Nc2nc(Nc3ccccc3)nc(Nc3ccccc3)n2)o1. The van der Waals surface area contributed by atoms with Crippen molar-refractivity contribution in [3.05, 3.63) is 112 Å². The molecule has 11 nitrogen and oxygen atoms in total. The van der Waals surface area contributed by atoms with E-state index in [2.05, 4.69) is 36.1 Å². The molecule has 5 rings (SSSR count). The highest BCUT2D eigenvalue weighted by molar-refractivity contribution is 5.78. The van der Waals surface area contributed by atoms with E-state index < -0.39 is 4.92 Å². The molecule has 5 aromatic rings. The van der Waals surface area contributed by atoms with E-state index in [0.29, 0.717) is 23.4 Å². The fraction of sp³-hybridized carbons (Fsp3) is 0.0370. The minimum Gasteiger partial charge on any atom is -0.455 e. The molecule has 3 N–H and O–H groups in total. The maximum atomic E-state index is 11.0. The average molecular weight is 507 g/mol. The minimum atomic E-state index is -0.425. The fourth-order valence-corrected chi connectivity index (χ4v) is 3.60.